The van der Waals surface area contributed by atoms with E-state index in [1.807, 2.05) is 13.0 Å². The summed E-state index contributed by atoms with van der Waals surface area (Å²) in [6, 6.07) is 12.7. The number of aryl methyl sites for hydroxylation is 4. The number of nitrogens with one attached hydrogen (secondary N) is 1. The highest BCUT2D eigenvalue weighted by Crippen LogP contribution is 2.27. The summed E-state index contributed by atoms with van der Waals surface area (Å²) in [5.41, 5.74) is 6.45. The van der Waals surface area contributed by atoms with Gasteiger partial charge in [0.1, 0.15) is 5.75 Å². The minimum absolute atomic E-state index is 0.00860. The van der Waals surface area contributed by atoms with Crippen molar-refractivity contribution < 1.29 is 9.53 Å². The minimum atomic E-state index is -0.471. The van der Waals surface area contributed by atoms with Crippen molar-refractivity contribution in [2.75, 3.05) is 0 Å². The van der Waals surface area contributed by atoms with Gasteiger partial charge in [-0.2, -0.15) is 0 Å². The average molecular weight is 380 g/mol. The molecule has 0 saturated heterocycles. The first-order valence-corrected chi connectivity index (χ1v) is 10.7. The molecule has 2 aromatic rings. The highest BCUT2D eigenvalue weighted by Gasteiger charge is 2.23. The molecule has 150 valence electrons. The molecule has 28 heavy (non-hydrogen) atoms. The second-order valence-corrected chi connectivity index (χ2v) is 7.98. The second-order valence-electron chi connectivity index (χ2n) is 7.98. The van der Waals surface area contributed by atoms with E-state index in [0.717, 1.165) is 25.0 Å². The lowest BCUT2D eigenvalue weighted by Crippen LogP contribution is -2.40. The number of fused-ring (bicyclic) bond motifs is 1. The van der Waals surface area contributed by atoms with Gasteiger partial charge in [-0.15, -0.1) is 0 Å². The summed E-state index contributed by atoms with van der Waals surface area (Å²) in [6.07, 6.45) is 5.80. The van der Waals surface area contributed by atoms with Gasteiger partial charge in [0, 0.05) is 0 Å². The van der Waals surface area contributed by atoms with Gasteiger partial charge in [0.2, 0.25) is 0 Å². The lowest BCUT2D eigenvalue weighted by Gasteiger charge is -2.24. The Balaban J connectivity index is 1.70. The Labute approximate surface area is 169 Å². The van der Waals surface area contributed by atoms with Crippen molar-refractivity contribution in [3.05, 3.63) is 64.2 Å². The van der Waals surface area contributed by atoms with Crippen molar-refractivity contribution in [1.29, 1.82) is 0 Å². The zero-order valence-corrected chi connectivity index (χ0v) is 17.7. The van der Waals surface area contributed by atoms with Crippen LogP contribution in [-0.2, 0) is 17.6 Å². The molecule has 1 N–H and O–H groups in total. The monoisotopic (exact) mass is 379 g/mol. The lowest BCUT2D eigenvalue weighted by atomic mass is 9.92. The van der Waals surface area contributed by atoms with E-state index < -0.39 is 6.10 Å². The molecule has 3 rings (SSSR count). The first-order valence-electron chi connectivity index (χ1n) is 10.7. The molecule has 1 amide bonds. The van der Waals surface area contributed by atoms with E-state index in [2.05, 4.69) is 56.4 Å². The van der Waals surface area contributed by atoms with E-state index in [9.17, 15) is 4.79 Å². The predicted octanol–water partition coefficient (Wildman–Crippen LogP) is 5.61. The number of carbonyl (C=O) groups is 1. The zero-order chi connectivity index (χ0) is 20.1. The van der Waals surface area contributed by atoms with Crippen molar-refractivity contribution in [3.63, 3.8) is 0 Å². The Morgan fingerprint density at radius 1 is 1.00 bits per heavy atom. The van der Waals surface area contributed by atoms with E-state index in [1.165, 1.54) is 40.7 Å². The minimum Gasteiger partial charge on any atom is -0.481 e. The van der Waals surface area contributed by atoms with Crippen LogP contribution >= 0.6 is 0 Å². The first-order chi connectivity index (χ1) is 13.5. The van der Waals surface area contributed by atoms with Crippen molar-refractivity contribution in [3.8, 4) is 5.75 Å². The van der Waals surface area contributed by atoms with Crippen LogP contribution in [0, 0.1) is 13.8 Å². The van der Waals surface area contributed by atoms with Crippen LogP contribution in [0.4, 0.5) is 0 Å². The van der Waals surface area contributed by atoms with E-state index >= 15 is 0 Å². The highest BCUT2D eigenvalue weighted by atomic mass is 16.5. The molecular formula is C25H33NO2. The molecule has 0 spiro atoms. The molecule has 2 unspecified atom stereocenters. The van der Waals surface area contributed by atoms with Crippen LogP contribution in [0.3, 0.4) is 0 Å². The summed E-state index contributed by atoms with van der Waals surface area (Å²) in [6.45, 7) is 8.31. The summed E-state index contributed by atoms with van der Waals surface area (Å²) >= 11 is 0. The molecule has 0 fully saturated rings. The topological polar surface area (TPSA) is 38.3 Å². The third-order valence-corrected chi connectivity index (χ3v) is 5.79. The van der Waals surface area contributed by atoms with Gasteiger partial charge < -0.3 is 10.1 Å². The molecule has 0 aliphatic heterocycles. The number of ether oxygens (including phenoxy) is 1. The second kappa shape index (κ2) is 9.27. The molecule has 3 heteroatoms. The molecule has 0 saturated carbocycles. The summed E-state index contributed by atoms with van der Waals surface area (Å²) < 4.78 is 6.11. The molecule has 0 heterocycles. The van der Waals surface area contributed by atoms with Crippen LogP contribution in [0.15, 0.2) is 36.4 Å². The summed E-state index contributed by atoms with van der Waals surface area (Å²) in [4.78, 5) is 13.0. The molecule has 2 atom stereocenters. The highest BCUT2D eigenvalue weighted by molar-refractivity contribution is 5.81. The van der Waals surface area contributed by atoms with Crippen LogP contribution in [-0.4, -0.2) is 12.0 Å². The zero-order valence-electron chi connectivity index (χ0n) is 17.7. The summed E-state index contributed by atoms with van der Waals surface area (Å²) in [7, 11) is 0. The Morgan fingerprint density at radius 2 is 1.75 bits per heavy atom. The van der Waals surface area contributed by atoms with Gasteiger partial charge in [-0.1, -0.05) is 43.7 Å². The normalized spacial score (nSPS) is 15.4. The van der Waals surface area contributed by atoms with Crippen molar-refractivity contribution in [1.82, 2.24) is 5.32 Å². The Morgan fingerprint density at radius 3 is 2.43 bits per heavy atom. The molecule has 0 radical (unpaired) electrons. The number of hydrogen-bond donors (Lipinski definition) is 1. The van der Waals surface area contributed by atoms with Gasteiger partial charge in [-0.05, 0) is 86.8 Å². The van der Waals surface area contributed by atoms with Crippen molar-refractivity contribution in [2.24, 2.45) is 0 Å². The van der Waals surface area contributed by atoms with E-state index in [0.29, 0.717) is 6.42 Å². The van der Waals surface area contributed by atoms with Gasteiger partial charge in [-0.3, -0.25) is 4.79 Å². The van der Waals surface area contributed by atoms with Gasteiger partial charge in [0.05, 0.1) is 6.04 Å². The molecule has 0 bridgehead atoms. The SMILES string of the molecule is CCC(Oc1ccc2c(c1)CCCC2)C(=O)NC(CC)c1ccc(C)cc1C. The maximum atomic E-state index is 13.0. The molecule has 1 aliphatic carbocycles. The number of rotatable bonds is 7. The van der Waals surface area contributed by atoms with Crippen LogP contribution < -0.4 is 10.1 Å². The maximum absolute atomic E-state index is 13.0. The Kier molecular flexibility index (Phi) is 6.77. The predicted molar refractivity (Wildman–Crippen MR) is 115 cm³/mol. The largest absolute Gasteiger partial charge is 0.481 e. The van der Waals surface area contributed by atoms with Crippen LogP contribution in [0.25, 0.3) is 0 Å². The smallest absolute Gasteiger partial charge is 0.261 e. The Hall–Kier alpha value is -2.29. The summed E-state index contributed by atoms with van der Waals surface area (Å²) in [5, 5.41) is 3.21. The van der Waals surface area contributed by atoms with E-state index in [4.69, 9.17) is 4.74 Å². The standard InChI is InChI=1S/C25H33NO2/c1-5-23(22-14-11-17(3)15-18(22)4)26-25(27)24(6-2)28-21-13-12-19-9-7-8-10-20(19)16-21/h11-16,23-24H,5-10H2,1-4H3,(H,26,27). The molecule has 0 aromatic heterocycles. The fourth-order valence-corrected chi connectivity index (χ4v) is 4.15. The first kappa shape index (κ1) is 20.4. The van der Waals surface area contributed by atoms with Crippen molar-refractivity contribution in [2.45, 2.75) is 78.4 Å². The van der Waals surface area contributed by atoms with Crippen LogP contribution in [0.2, 0.25) is 0 Å². The van der Waals surface area contributed by atoms with Crippen LogP contribution in [0.1, 0.15) is 73.4 Å². The molecule has 1 aliphatic rings. The number of amides is 1. The average Bonchev–Trinajstić information content (AvgIpc) is 2.70. The third kappa shape index (κ3) is 4.76. The number of hydrogen-bond acceptors (Lipinski definition) is 2. The van der Waals surface area contributed by atoms with Gasteiger partial charge in [0.15, 0.2) is 6.10 Å². The van der Waals surface area contributed by atoms with E-state index in [1.54, 1.807) is 0 Å². The fourth-order valence-electron chi connectivity index (χ4n) is 4.15. The number of benzene rings is 2. The quantitative estimate of drug-likeness (QED) is 0.679. The molecular weight excluding hydrogens is 346 g/mol. The Bertz CT molecular complexity index is 827. The van der Waals surface area contributed by atoms with Crippen molar-refractivity contribution >= 4 is 5.91 Å². The summed E-state index contributed by atoms with van der Waals surface area (Å²) in [5.74, 6) is 0.772. The lowest BCUT2D eigenvalue weighted by molar-refractivity contribution is -0.128. The van der Waals surface area contributed by atoms with Gasteiger partial charge in [0.25, 0.3) is 5.91 Å². The maximum Gasteiger partial charge on any atom is 0.261 e. The molecule has 2 aromatic carbocycles. The van der Waals surface area contributed by atoms with E-state index in [-0.39, 0.29) is 11.9 Å². The molecule has 3 nitrogen and oxygen atoms in total. The van der Waals surface area contributed by atoms with Crippen LogP contribution in [0.5, 0.6) is 5.75 Å². The number of carbonyl (C=O) groups excluding carboxylic acids is 1. The third-order valence-electron chi connectivity index (χ3n) is 5.79. The fraction of sp³-hybridized carbons (Fsp3) is 0.480. The van der Waals surface area contributed by atoms with Gasteiger partial charge in [-0.25, -0.2) is 0 Å². The van der Waals surface area contributed by atoms with Gasteiger partial charge >= 0.3 is 0 Å².